The van der Waals surface area contributed by atoms with Crippen LogP contribution in [0.2, 0.25) is 0 Å². The van der Waals surface area contributed by atoms with Crippen LogP contribution in [0.15, 0.2) is 24.3 Å². The normalized spacial score (nSPS) is 19.4. The molecule has 1 saturated heterocycles. The number of carbonyl (C=O) groups is 2. The molecule has 5 heteroatoms. The second-order valence-corrected chi connectivity index (χ2v) is 6.71. The van der Waals surface area contributed by atoms with Gasteiger partial charge in [0.2, 0.25) is 5.91 Å². The van der Waals surface area contributed by atoms with Crippen molar-refractivity contribution in [3.8, 4) is 0 Å². The maximum Gasteiger partial charge on any atom is 0.307 e. The van der Waals surface area contributed by atoms with Crippen molar-refractivity contribution in [2.45, 2.75) is 39.8 Å². The van der Waals surface area contributed by atoms with Gasteiger partial charge in [0.15, 0.2) is 0 Å². The van der Waals surface area contributed by atoms with Gasteiger partial charge in [0.05, 0.1) is 12.5 Å². The van der Waals surface area contributed by atoms with E-state index < -0.39 is 5.97 Å². The van der Waals surface area contributed by atoms with Gasteiger partial charge in [-0.05, 0) is 24.0 Å². The van der Waals surface area contributed by atoms with Crippen molar-refractivity contribution >= 4 is 11.9 Å². The predicted octanol–water partition coefficient (Wildman–Crippen LogP) is 2.00. The maximum absolute atomic E-state index is 12.5. The van der Waals surface area contributed by atoms with Crippen LogP contribution in [0, 0.1) is 5.92 Å². The van der Waals surface area contributed by atoms with Gasteiger partial charge in [-0.2, -0.15) is 0 Å². The zero-order chi connectivity index (χ0) is 17.0. The molecule has 1 N–H and O–H groups in total. The Morgan fingerprint density at radius 3 is 2.39 bits per heavy atom. The summed E-state index contributed by atoms with van der Waals surface area (Å²) in [6.07, 6.45) is 0.0447. The van der Waals surface area contributed by atoms with E-state index in [1.165, 1.54) is 0 Å². The van der Waals surface area contributed by atoms with E-state index in [1.54, 1.807) is 0 Å². The molecule has 0 saturated carbocycles. The Morgan fingerprint density at radius 2 is 1.83 bits per heavy atom. The maximum atomic E-state index is 12.5. The van der Waals surface area contributed by atoms with Crippen molar-refractivity contribution in [1.29, 1.82) is 0 Å². The highest BCUT2D eigenvalue weighted by Gasteiger charge is 2.31. The third-order valence-electron chi connectivity index (χ3n) is 4.22. The molecule has 0 bridgehead atoms. The summed E-state index contributed by atoms with van der Waals surface area (Å²) in [6, 6.07) is 7.50. The van der Waals surface area contributed by atoms with Gasteiger partial charge in [-0.15, -0.1) is 0 Å². The molecule has 1 amide bonds. The van der Waals surface area contributed by atoms with Gasteiger partial charge < -0.3 is 10.0 Å². The molecule has 5 nitrogen and oxygen atoms in total. The van der Waals surface area contributed by atoms with Crippen LogP contribution in [-0.4, -0.2) is 52.5 Å². The molecule has 0 unspecified atom stereocenters. The molecular formula is C18H26N2O3. The van der Waals surface area contributed by atoms with Gasteiger partial charge in [-0.3, -0.25) is 14.5 Å². The standard InChI is InChI=1S/C18H26N2O3/c1-13(2)11-20-9-8-19(14(3)18(20)23)12-16-6-4-15(5-7-16)10-17(21)22/h4-7,13-14H,8-12H2,1-3H3,(H,21,22)/t14-/m1/s1. The molecular weight excluding hydrogens is 292 g/mol. The number of carboxylic acids is 1. The molecule has 23 heavy (non-hydrogen) atoms. The number of benzene rings is 1. The Bertz CT molecular complexity index is 554. The largest absolute Gasteiger partial charge is 0.481 e. The fourth-order valence-electron chi connectivity index (χ4n) is 2.98. The molecule has 0 aromatic heterocycles. The lowest BCUT2D eigenvalue weighted by Crippen LogP contribution is -2.56. The lowest BCUT2D eigenvalue weighted by atomic mass is 10.1. The third-order valence-corrected chi connectivity index (χ3v) is 4.22. The topological polar surface area (TPSA) is 60.9 Å². The summed E-state index contributed by atoms with van der Waals surface area (Å²) in [5.74, 6) is -0.134. The summed E-state index contributed by atoms with van der Waals surface area (Å²) in [4.78, 5) is 27.3. The molecule has 1 aliphatic rings. The molecule has 2 rings (SSSR count). The Kier molecular flexibility index (Phi) is 5.77. The number of hydrogen-bond donors (Lipinski definition) is 1. The van der Waals surface area contributed by atoms with Crippen molar-refractivity contribution in [1.82, 2.24) is 9.80 Å². The van der Waals surface area contributed by atoms with Crippen molar-refractivity contribution in [3.05, 3.63) is 35.4 Å². The summed E-state index contributed by atoms with van der Waals surface area (Å²) < 4.78 is 0. The van der Waals surface area contributed by atoms with Crippen LogP contribution in [0.5, 0.6) is 0 Å². The number of amides is 1. The minimum absolute atomic E-state index is 0.0447. The van der Waals surface area contributed by atoms with E-state index in [0.717, 1.165) is 37.3 Å². The van der Waals surface area contributed by atoms with Gasteiger partial charge in [0.25, 0.3) is 0 Å². The molecule has 0 radical (unpaired) electrons. The lowest BCUT2D eigenvalue weighted by molar-refractivity contribution is -0.142. The van der Waals surface area contributed by atoms with Gasteiger partial charge >= 0.3 is 5.97 Å². The van der Waals surface area contributed by atoms with E-state index in [9.17, 15) is 9.59 Å². The molecule has 1 heterocycles. The fourth-order valence-corrected chi connectivity index (χ4v) is 2.98. The van der Waals surface area contributed by atoms with Crippen LogP contribution in [-0.2, 0) is 22.6 Å². The van der Waals surface area contributed by atoms with E-state index in [2.05, 4.69) is 18.7 Å². The predicted molar refractivity (Wildman–Crippen MR) is 89.1 cm³/mol. The number of piperazine rings is 1. The zero-order valence-electron chi connectivity index (χ0n) is 14.2. The summed E-state index contributed by atoms with van der Waals surface area (Å²) in [5, 5.41) is 8.80. The Morgan fingerprint density at radius 1 is 1.22 bits per heavy atom. The van der Waals surface area contributed by atoms with Crippen LogP contribution in [0.1, 0.15) is 31.9 Å². The van der Waals surface area contributed by atoms with Gasteiger partial charge in [-0.1, -0.05) is 38.1 Å². The number of carbonyl (C=O) groups excluding carboxylic acids is 1. The highest BCUT2D eigenvalue weighted by atomic mass is 16.4. The van der Waals surface area contributed by atoms with E-state index in [-0.39, 0.29) is 18.4 Å². The van der Waals surface area contributed by atoms with Crippen molar-refractivity contribution < 1.29 is 14.7 Å². The second kappa shape index (κ2) is 7.59. The monoisotopic (exact) mass is 318 g/mol. The molecule has 1 aromatic carbocycles. The quantitative estimate of drug-likeness (QED) is 0.871. The van der Waals surface area contributed by atoms with Crippen LogP contribution in [0.25, 0.3) is 0 Å². The summed E-state index contributed by atoms with van der Waals surface area (Å²) in [7, 11) is 0. The van der Waals surface area contributed by atoms with Crippen molar-refractivity contribution in [2.75, 3.05) is 19.6 Å². The number of carboxylic acid groups (broad SMARTS) is 1. The van der Waals surface area contributed by atoms with Crippen LogP contribution < -0.4 is 0 Å². The number of rotatable bonds is 6. The first-order valence-corrected chi connectivity index (χ1v) is 8.19. The highest BCUT2D eigenvalue weighted by Crippen LogP contribution is 2.17. The molecule has 0 spiro atoms. The molecule has 1 aromatic rings. The zero-order valence-corrected chi connectivity index (χ0v) is 14.2. The Labute approximate surface area is 137 Å². The molecule has 1 atom stereocenters. The second-order valence-electron chi connectivity index (χ2n) is 6.71. The minimum Gasteiger partial charge on any atom is -0.481 e. The van der Waals surface area contributed by atoms with Crippen LogP contribution in [0.3, 0.4) is 0 Å². The number of nitrogens with zero attached hydrogens (tertiary/aromatic N) is 2. The average molecular weight is 318 g/mol. The van der Waals surface area contributed by atoms with Crippen molar-refractivity contribution in [2.24, 2.45) is 5.92 Å². The Hall–Kier alpha value is -1.88. The summed E-state index contributed by atoms with van der Waals surface area (Å²) in [6.45, 7) is 9.41. The molecule has 1 aliphatic heterocycles. The van der Waals surface area contributed by atoms with Gasteiger partial charge in [0.1, 0.15) is 0 Å². The smallest absolute Gasteiger partial charge is 0.307 e. The molecule has 126 valence electrons. The number of aliphatic carboxylic acids is 1. The third kappa shape index (κ3) is 4.79. The Balaban J connectivity index is 1.95. The van der Waals surface area contributed by atoms with Gasteiger partial charge in [0, 0.05) is 26.2 Å². The fraction of sp³-hybridized carbons (Fsp3) is 0.556. The lowest BCUT2D eigenvalue weighted by Gasteiger charge is -2.39. The number of hydrogen-bond acceptors (Lipinski definition) is 3. The van der Waals surface area contributed by atoms with Gasteiger partial charge in [-0.25, -0.2) is 0 Å². The van der Waals surface area contributed by atoms with E-state index in [0.29, 0.717) is 5.92 Å². The SMILES string of the molecule is CC(C)CN1CCN(Cc2ccc(CC(=O)O)cc2)[C@H](C)C1=O. The molecule has 0 aliphatic carbocycles. The van der Waals surface area contributed by atoms with E-state index in [1.807, 2.05) is 36.1 Å². The van der Waals surface area contributed by atoms with E-state index >= 15 is 0 Å². The van der Waals surface area contributed by atoms with Crippen molar-refractivity contribution in [3.63, 3.8) is 0 Å². The minimum atomic E-state index is -0.821. The highest BCUT2D eigenvalue weighted by molar-refractivity contribution is 5.82. The van der Waals surface area contributed by atoms with Crippen LogP contribution >= 0.6 is 0 Å². The molecule has 1 fully saturated rings. The first-order chi connectivity index (χ1) is 10.9. The van der Waals surface area contributed by atoms with Crippen LogP contribution in [0.4, 0.5) is 0 Å². The summed E-state index contributed by atoms with van der Waals surface area (Å²) >= 11 is 0. The first kappa shape index (κ1) is 17.5. The van der Waals surface area contributed by atoms with E-state index in [4.69, 9.17) is 5.11 Å². The average Bonchev–Trinajstić information content (AvgIpc) is 2.48. The summed E-state index contributed by atoms with van der Waals surface area (Å²) in [5.41, 5.74) is 1.91. The first-order valence-electron chi connectivity index (χ1n) is 8.19.